The zero-order valence-electron chi connectivity index (χ0n) is 12.8. The Morgan fingerprint density at radius 3 is 2.46 bits per heavy atom. The second-order valence-corrected chi connectivity index (χ2v) is 6.24. The summed E-state index contributed by atoms with van der Waals surface area (Å²) in [4.78, 5) is 12.0. The third kappa shape index (κ3) is 5.59. The molecule has 0 radical (unpaired) electrons. The Kier molecular flexibility index (Phi) is 6.63. The van der Waals surface area contributed by atoms with Crippen molar-refractivity contribution in [1.29, 1.82) is 5.26 Å². The van der Waals surface area contributed by atoms with E-state index in [9.17, 15) is 9.90 Å². The maximum absolute atomic E-state index is 12.0. The summed E-state index contributed by atoms with van der Waals surface area (Å²) in [5, 5.41) is 24.0. The van der Waals surface area contributed by atoms with Crippen LogP contribution < -0.4 is 10.6 Å². The van der Waals surface area contributed by atoms with Gasteiger partial charge in [0.05, 0.1) is 0 Å². The summed E-state index contributed by atoms with van der Waals surface area (Å²) in [5.74, 6) is -0.214. The first-order valence-electron chi connectivity index (χ1n) is 7.27. The van der Waals surface area contributed by atoms with E-state index in [-0.39, 0.29) is 11.3 Å². The van der Waals surface area contributed by atoms with E-state index in [1.54, 1.807) is 24.3 Å². The van der Waals surface area contributed by atoms with Gasteiger partial charge >= 0.3 is 0 Å². The molecule has 2 aromatic rings. The number of phenols is 1. The smallest absolute Gasteiger partial charge is 0.263 e. The third-order valence-corrected chi connectivity index (χ3v) is 3.95. The van der Waals surface area contributed by atoms with Gasteiger partial charge in [-0.1, -0.05) is 12.1 Å². The van der Waals surface area contributed by atoms with Crippen molar-refractivity contribution < 1.29 is 9.90 Å². The van der Waals surface area contributed by atoms with Crippen molar-refractivity contribution in [3.05, 3.63) is 69.4 Å². The fraction of sp³-hybridized carbons (Fsp3) is 0.111. The second kappa shape index (κ2) is 8.93. The normalized spacial score (nSPS) is 10.8. The van der Waals surface area contributed by atoms with E-state index in [4.69, 9.17) is 5.26 Å². The molecule has 0 heterocycles. The molecule has 1 amide bonds. The number of carbonyl (C=O) groups excluding carboxylic acids is 1. The first-order valence-corrected chi connectivity index (χ1v) is 8.35. The molecule has 0 bridgehead atoms. The first-order chi connectivity index (χ1) is 11.6. The lowest BCUT2D eigenvalue weighted by molar-refractivity contribution is -0.117. The van der Waals surface area contributed by atoms with Gasteiger partial charge in [0.1, 0.15) is 17.4 Å². The summed E-state index contributed by atoms with van der Waals surface area (Å²) in [5.41, 5.74) is 1.81. The molecule has 0 unspecified atom stereocenters. The molecule has 0 aliphatic rings. The Balaban J connectivity index is 1.86. The lowest BCUT2D eigenvalue weighted by atomic mass is 10.1. The van der Waals surface area contributed by atoms with E-state index in [0.717, 1.165) is 14.8 Å². The fourth-order valence-corrected chi connectivity index (χ4v) is 2.29. The fourth-order valence-electron chi connectivity index (χ4n) is 1.93. The van der Waals surface area contributed by atoms with E-state index in [1.165, 1.54) is 6.20 Å². The maximum Gasteiger partial charge on any atom is 0.263 e. The Morgan fingerprint density at radius 1 is 1.17 bits per heavy atom. The minimum Gasteiger partial charge on any atom is -0.508 e. The SMILES string of the molecule is N#C/C(=C/Nc1ccc(I)cc1)C(=O)NCCc1ccc(O)cc1. The highest BCUT2D eigenvalue weighted by Crippen LogP contribution is 2.12. The molecule has 24 heavy (non-hydrogen) atoms. The number of hydrogen-bond acceptors (Lipinski definition) is 4. The van der Waals surface area contributed by atoms with Gasteiger partial charge in [-0.15, -0.1) is 0 Å². The van der Waals surface area contributed by atoms with Crippen LogP contribution in [0.1, 0.15) is 5.56 Å². The Bertz CT molecular complexity index is 762. The molecule has 3 N–H and O–H groups in total. The van der Waals surface area contributed by atoms with E-state index in [0.29, 0.717) is 13.0 Å². The third-order valence-electron chi connectivity index (χ3n) is 3.23. The molecule has 0 fully saturated rings. The molecule has 0 spiro atoms. The zero-order valence-corrected chi connectivity index (χ0v) is 14.9. The quantitative estimate of drug-likeness (QED) is 0.371. The minimum absolute atomic E-state index is 0.0132. The van der Waals surface area contributed by atoms with Gasteiger partial charge in [0.25, 0.3) is 5.91 Å². The van der Waals surface area contributed by atoms with Gasteiger partial charge < -0.3 is 15.7 Å². The number of carbonyl (C=O) groups is 1. The van der Waals surface area contributed by atoms with Crippen LogP contribution in [0.2, 0.25) is 0 Å². The number of nitrogens with one attached hydrogen (secondary N) is 2. The molecule has 6 heteroatoms. The van der Waals surface area contributed by atoms with Crippen molar-refractivity contribution in [2.75, 3.05) is 11.9 Å². The largest absolute Gasteiger partial charge is 0.508 e. The topological polar surface area (TPSA) is 85.2 Å². The highest BCUT2D eigenvalue weighted by atomic mass is 127. The number of hydrogen-bond donors (Lipinski definition) is 3. The van der Waals surface area contributed by atoms with E-state index in [1.807, 2.05) is 30.3 Å². The summed E-state index contributed by atoms with van der Waals surface area (Å²) >= 11 is 2.20. The van der Waals surface area contributed by atoms with E-state index >= 15 is 0 Å². The predicted octanol–water partition coefficient (Wildman–Crippen LogP) is 3.18. The monoisotopic (exact) mass is 433 g/mol. The summed E-state index contributed by atoms with van der Waals surface area (Å²) in [6, 6.07) is 16.3. The number of benzene rings is 2. The number of nitriles is 1. The van der Waals surface area contributed by atoms with Gasteiger partial charge in [-0.25, -0.2) is 0 Å². The van der Waals surface area contributed by atoms with Crippen LogP contribution in [0.15, 0.2) is 60.3 Å². The van der Waals surface area contributed by atoms with Crippen LogP contribution in [-0.2, 0) is 11.2 Å². The number of aromatic hydroxyl groups is 1. The first kappa shape index (κ1) is 17.8. The Morgan fingerprint density at radius 2 is 1.83 bits per heavy atom. The van der Waals surface area contributed by atoms with Crippen molar-refractivity contribution in [2.45, 2.75) is 6.42 Å². The molecule has 0 saturated heterocycles. The summed E-state index contributed by atoms with van der Waals surface area (Å²) in [6.07, 6.45) is 2.02. The molecule has 0 saturated carbocycles. The maximum atomic E-state index is 12.0. The number of amides is 1. The van der Waals surface area contributed by atoms with Crippen LogP contribution in [0.3, 0.4) is 0 Å². The van der Waals surface area contributed by atoms with E-state index < -0.39 is 5.91 Å². The van der Waals surface area contributed by atoms with Gasteiger partial charge in [-0.2, -0.15) is 5.26 Å². The highest BCUT2D eigenvalue weighted by Gasteiger charge is 2.08. The van der Waals surface area contributed by atoms with Gasteiger partial charge in [0.2, 0.25) is 0 Å². The molecule has 2 aromatic carbocycles. The van der Waals surface area contributed by atoms with Gasteiger partial charge in [-0.05, 0) is 71.0 Å². The lowest BCUT2D eigenvalue weighted by Gasteiger charge is -2.06. The van der Waals surface area contributed by atoms with Crippen LogP contribution >= 0.6 is 22.6 Å². The number of nitrogens with zero attached hydrogens (tertiary/aromatic N) is 1. The summed E-state index contributed by atoms with van der Waals surface area (Å²) in [6.45, 7) is 0.409. The average Bonchev–Trinajstić information content (AvgIpc) is 2.59. The molecular formula is C18H16IN3O2. The molecule has 0 aliphatic heterocycles. The number of rotatable bonds is 6. The van der Waals surface area contributed by atoms with Crippen LogP contribution in [0.5, 0.6) is 5.75 Å². The lowest BCUT2D eigenvalue weighted by Crippen LogP contribution is -2.27. The standard InChI is InChI=1S/C18H16IN3O2/c19-15-3-5-16(6-4-15)22-12-14(11-20)18(24)21-10-9-13-1-7-17(23)8-2-13/h1-8,12,22-23H,9-10H2,(H,21,24)/b14-12-. The van der Waals surface area contributed by atoms with Crippen LogP contribution in [0, 0.1) is 14.9 Å². The molecular weight excluding hydrogens is 417 g/mol. The highest BCUT2D eigenvalue weighted by molar-refractivity contribution is 14.1. The Labute approximate surface area is 154 Å². The molecule has 122 valence electrons. The van der Waals surface area contributed by atoms with Crippen LogP contribution in [0.25, 0.3) is 0 Å². The molecule has 5 nitrogen and oxygen atoms in total. The zero-order chi connectivity index (χ0) is 17.4. The van der Waals surface area contributed by atoms with Crippen molar-refractivity contribution in [3.8, 4) is 11.8 Å². The number of phenolic OH excluding ortho intramolecular Hbond substituents is 1. The van der Waals surface area contributed by atoms with Crippen molar-refractivity contribution in [1.82, 2.24) is 5.32 Å². The van der Waals surface area contributed by atoms with E-state index in [2.05, 4.69) is 33.2 Å². The Hall–Kier alpha value is -2.53. The molecule has 0 atom stereocenters. The predicted molar refractivity (Wildman–Crippen MR) is 101 cm³/mol. The number of halogens is 1. The van der Waals surface area contributed by atoms with Gasteiger partial charge in [0.15, 0.2) is 0 Å². The molecule has 0 aromatic heterocycles. The molecule has 0 aliphatic carbocycles. The van der Waals surface area contributed by atoms with Gasteiger partial charge in [0, 0.05) is 22.0 Å². The van der Waals surface area contributed by atoms with Crippen molar-refractivity contribution in [2.24, 2.45) is 0 Å². The average molecular weight is 433 g/mol. The van der Waals surface area contributed by atoms with Crippen molar-refractivity contribution >= 4 is 34.2 Å². The summed E-state index contributed by atoms with van der Waals surface area (Å²) in [7, 11) is 0. The van der Waals surface area contributed by atoms with Gasteiger partial charge in [-0.3, -0.25) is 4.79 Å². The summed E-state index contributed by atoms with van der Waals surface area (Å²) < 4.78 is 1.11. The second-order valence-electron chi connectivity index (χ2n) is 4.99. The minimum atomic E-state index is -0.422. The number of anilines is 1. The van der Waals surface area contributed by atoms with Crippen molar-refractivity contribution in [3.63, 3.8) is 0 Å². The van der Waals surface area contributed by atoms with Crippen LogP contribution in [0.4, 0.5) is 5.69 Å². The van der Waals surface area contributed by atoms with Crippen LogP contribution in [-0.4, -0.2) is 17.6 Å². The molecule has 2 rings (SSSR count).